The van der Waals surface area contributed by atoms with Crippen molar-refractivity contribution in [2.75, 3.05) is 5.73 Å². The highest BCUT2D eigenvalue weighted by Gasteiger charge is 2.22. The third kappa shape index (κ3) is 3.38. The highest BCUT2D eigenvalue weighted by molar-refractivity contribution is 5.98. The summed E-state index contributed by atoms with van der Waals surface area (Å²) in [4.78, 5) is 11.2. The molecular weight excluding hydrogens is 357 g/mol. The fraction of sp³-hybridized carbons (Fsp3) is 0.273. The second-order valence-electron chi connectivity index (χ2n) is 7.32. The Morgan fingerprint density at radius 1 is 1.32 bits per heavy atom. The molecule has 6 heteroatoms. The van der Waals surface area contributed by atoms with Crippen LogP contribution in [-0.2, 0) is 11.2 Å². The van der Waals surface area contributed by atoms with Gasteiger partial charge in [-0.15, -0.1) is 0 Å². The number of nitrogens with two attached hydrogens (primary N) is 1. The predicted octanol–water partition coefficient (Wildman–Crippen LogP) is 4.80. The van der Waals surface area contributed by atoms with Crippen molar-refractivity contribution in [2.24, 2.45) is 0 Å². The number of carboxylic acids is 1. The van der Waals surface area contributed by atoms with Gasteiger partial charge >= 0.3 is 5.97 Å². The molecule has 0 radical (unpaired) electrons. The molecule has 5 nitrogen and oxygen atoms in total. The van der Waals surface area contributed by atoms with Gasteiger partial charge in [0.15, 0.2) is 0 Å². The summed E-state index contributed by atoms with van der Waals surface area (Å²) < 4.78 is 15.9. The summed E-state index contributed by atoms with van der Waals surface area (Å²) >= 11 is 0. The van der Waals surface area contributed by atoms with E-state index in [-0.39, 0.29) is 18.2 Å². The van der Waals surface area contributed by atoms with Gasteiger partial charge in [0.25, 0.3) is 0 Å². The summed E-state index contributed by atoms with van der Waals surface area (Å²) in [6, 6.07) is 8.58. The van der Waals surface area contributed by atoms with E-state index in [4.69, 9.17) is 11.1 Å². The van der Waals surface area contributed by atoms with E-state index in [0.29, 0.717) is 23.2 Å². The normalized spacial score (nSPS) is 11.3. The van der Waals surface area contributed by atoms with E-state index in [0.717, 1.165) is 27.8 Å². The SMILES string of the molecule is Cc1cc(-n2c(C(C)C)c(CCC(=O)O)c3cc(N)c(C=N)cc32)ccc1F. The number of aliphatic carboxylic acids is 1. The monoisotopic (exact) mass is 381 g/mol. The van der Waals surface area contributed by atoms with Crippen LogP contribution in [0.3, 0.4) is 0 Å². The van der Waals surface area contributed by atoms with Gasteiger partial charge in [0.2, 0.25) is 0 Å². The third-order valence-electron chi connectivity index (χ3n) is 5.01. The highest BCUT2D eigenvalue weighted by atomic mass is 19.1. The molecule has 0 aliphatic carbocycles. The molecule has 0 bridgehead atoms. The van der Waals surface area contributed by atoms with Crippen LogP contribution in [0.15, 0.2) is 30.3 Å². The van der Waals surface area contributed by atoms with E-state index in [1.165, 1.54) is 12.3 Å². The molecule has 0 aliphatic heterocycles. The van der Waals surface area contributed by atoms with Gasteiger partial charge in [0, 0.05) is 40.7 Å². The van der Waals surface area contributed by atoms with Crippen molar-refractivity contribution >= 4 is 28.8 Å². The lowest BCUT2D eigenvalue weighted by Crippen LogP contribution is -2.06. The van der Waals surface area contributed by atoms with Crippen molar-refractivity contribution in [3.05, 3.63) is 58.5 Å². The van der Waals surface area contributed by atoms with Crippen LogP contribution in [0.5, 0.6) is 0 Å². The Hall–Kier alpha value is -3.15. The molecular formula is C22H24FN3O2. The van der Waals surface area contributed by atoms with Crippen LogP contribution >= 0.6 is 0 Å². The first-order valence-corrected chi connectivity index (χ1v) is 9.20. The number of nitrogens with zero attached hydrogens (tertiary/aromatic N) is 1. The van der Waals surface area contributed by atoms with Crippen LogP contribution in [0, 0.1) is 18.2 Å². The van der Waals surface area contributed by atoms with Crippen molar-refractivity contribution in [3.63, 3.8) is 0 Å². The molecule has 0 spiro atoms. The van der Waals surface area contributed by atoms with Crippen molar-refractivity contribution in [1.82, 2.24) is 4.57 Å². The number of hydrogen-bond acceptors (Lipinski definition) is 3. The molecule has 0 unspecified atom stereocenters. The molecule has 2 aromatic carbocycles. The first-order valence-electron chi connectivity index (χ1n) is 9.20. The first-order chi connectivity index (χ1) is 13.2. The molecule has 28 heavy (non-hydrogen) atoms. The zero-order chi connectivity index (χ0) is 20.6. The van der Waals surface area contributed by atoms with Gasteiger partial charge < -0.3 is 20.8 Å². The summed E-state index contributed by atoms with van der Waals surface area (Å²) in [5.74, 6) is -1.04. The first kappa shape index (κ1) is 19.6. The molecule has 146 valence electrons. The van der Waals surface area contributed by atoms with Crippen LogP contribution in [0.4, 0.5) is 10.1 Å². The second-order valence-corrected chi connectivity index (χ2v) is 7.32. The summed E-state index contributed by atoms with van der Waals surface area (Å²) in [5.41, 5.74) is 11.2. The number of nitrogens with one attached hydrogen (secondary N) is 1. The second kappa shape index (κ2) is 7.46. The maximum absolute atomic E-state index is 13.9. The van der Waals surface area contributed by atoms with E-state index < -0.39 is 5.97 Å². The van der Waals surface area contributed by atoms with Crippen LogP contribution in [0.2, 0.25) is 0 Å². The maximum Gasteiger partial charge on any atom is 0.303 e. The van der Waals surface area contributed by atoms with Gasteiger partial charge in [0.05, 0.1) is 5.52 Å². The fourth-order valence-corrected chi connectivity index (χ4v) is 3.72. The van der Waals surface area contributed by atoms with Gasteiger partial charge in [-0.1, -0.05) is 13.8 Å². The minimum Gasteiger partial charge on any atom is -0.481 e. The zero-order valence-corrected chi connectivity index (χ0v) is 16.2. The van der Waals surface area contributed by atoms with Crippen LogP contribution < -0.4 is 5.73 Å². The smallest absolute Gasteiger partial charge is 0.303 e. The van der Waals surface area contributed by atoms with E-state index in [1.807, 2.05) is 30.5 Å². The van der Waals surface area contributed by atoms with E-state index in [9.17, 15) is 14.3 Å². The van der Waals surface area contributed by atoms with Gasteiger partial charge in [0.1, 0.15) is 5.82 Å². The molecule has 3 aromatic rings. The lowest BCUT2D eigenvalue weighted by atomic mass is 9.98. The van der Waals surface area contributed by atoms with Crippen molar-refractivity contribution < 1.29 is 14.3 Å². The Kier molecular flexibility index (Phi) is 5.23. The average molecular weight is 381 g/mol. The summed E-state index contributed by atoms with van der Waals surface area (Å²) in [5, 5.41) is 17.7. The number of aryl methyl sites for hydroxylation is 2. The average Bonchev–Trinajstić information content (AvgIpc) is 2.94. The molecule has 0 aliphatic rings. The lowest BCUT2D eigenvalue weighted by Gasteiger charge is -2.16. The molecule has 0 amide bonds. The number of halogens is 1. The number of rotatable bonds is 6. The molecule has 4 N–H and O–H groups in total. The fourth-order valence-electron chi connectivity index (χ4n) is 3.72. The summed E-state index contributed by atoms with van der Waals surface area (Å²) in [6.07, 6.45) is 1.58. The number of hydrogen-bond donors (Lipinski definition) is 3. The maximum atomic E-state index is 13.9. The number of nitrogen functional groups attached to an aromatic ring is 1. The molecule has 0 fully saturated rings. The van der Waals surface area contributed by atoms with Gasteiger partial charge in [-0.2, -0.15) is 0 Å². The number of carboxylic acid groups (broad SMARTS) is 1. The van der Waals surface area contributed by atoms with Gasteiger partial charge in [-0.05, 0) is 60.7 Å². The largest absolute Gasteiger partial charge is 0.481 e. The minimum atomic E-state index is -0.864. The molecule has 0 atom stereocenters. The number of anilines is 1. The van der Waals surface area contributed by atoms with Crippen LogP contribution in [-0.4, -0.2) is 21.9 Å². The molecule has 0 saturated heterocycles. The van der Waals surface area contributed by atoms with E-state index in [1.54, 1.807) is 19.1 Å². The number of aromatic nitrogens is 1. The summed E-state index contributed by atoms with van der Waals surface area (Å²) in [7, 11) is 0. The molecule has 1 aromatic heterocycles. The summed E-state index contributed by atoms with van der Waals surface area (Å²) in [6.45, 7) is 5.81. The topological polar surface area (TPSA) is 92.1 Å². The van der Waals surface area contributed by atoms with Crippen LogP contribution in [0.1, 0.15) is 48.6 Å². The number of benzene rings is 2. The lowest BCUT2D eigenvalue weighted by molar-refractivity contribution is -0.136. The number of carbonyl (C=O) groups is 1. The highest BCUT2D eigenvalue weighted by Crippen LogP contribution is 2.37. The zero-order valence-electron chi connectivity index (χ0n) is 16.2. The Morgan fingerprint density at radius 2 is 2.04 bits per heavy atom. The molecule has 1 heterocycles. The van der Waals surface area contributed by atoms with Crippen molar-refractivity contribution in [3.8, 4) is 5.69 Å². The quantitative estimate of drug-likeness (QED) is 0.423. The Bertz CT molecular complexity index is 1080. The van der Waals surface area contributed by atoms with Gasteiger partial charge in [-0.3, -0.25) is 4.79 Å². The van der Waals surface area contributed by atoms with E-state index >= 15 is 0 Å². The molecule has 3 rings (SSSR count). The Morgan fingerprint density at radius 3 is 2.61 bits per heavy atom. The Labute approximate surface area is 163 Å². The van der Waals surface area contributed by atoms with Gasteiger partial charge in [-0.25, -0.2) is 4.39 Å². The van der Waals surface area contributed by atoms with Crippen molar-refractivity contribution in [1.29, 1.82) is 5.41 Å². The standard InChI is InChI=1S/C22H24FN3O2/c1-12(2)22-16(5-7-21(27)28)17-10-19(25)14(11-24)9-20(17)26(22)15-4-6-18(23)13(3)8-15/h4,6,8-12,24H,5,7,25H2,1-3H3,(H,27,28). The minimum absolute atomic E-state index is 0.00745. The van der Waals surface area contributed by atoms with Crippen LogP contribution in [0.25, 0.3) is 16.6 Å². The van der Waals surface area contributed by atoms with Crippen molar-refractivity contribution in [2.45, 2.75) is 39.5 Å². The Balaban J connectivity index is 2.42. The predicted molar refractivity (Wildman–Crippen MR) is 110 cm³/mol. The third-order valence-corrected chi connectivity index (χ3v) is 5.01. The number of fused-ring (bicyclic) bond motifs is 1. The molecule has 0 saturated carbocycles. The van der Waals surface area contributed by atoms with E-state index in [2.05, 4.69) is 0 Å².